The smallest absolute Gasteiger partial charge is 0.323 e. The summed E-state index contributed by atoms with van der Waals surface area (Å²) < 4.78 is 0.904. The van der Waals surface area contributed by atoms with Crippen LogP contribution in [0.2, 0.25) is 0 Å². The van der Waals surface area contributed by atoms with Crippen molar-refractivity contribution in [2.24, 2.45) is 0 Å². The Labute approximate surface area is 127 Å². The van der Waals surface area contributed by atoms with Gasteiger partial charge in [0.2, 0.25) is 5.91 Å². The van der Waals surface area contributed by atoms with Gasteiger partial charge in [-0.1, -0.05) is 28.1 Å². The number of halogens is 1. The zero-order chi connectivity index (χ0) is 15.1. The van der Waals surface area contributed by atoms with Gasteiger partial charge in [0, 0.05) is 17.6 Å². The maximum Gasteiger partial charge on any atom is 0.323 e. The molecule has 0 aromatic heterocycles. The van der Waals surface area contributed by atoms with Crippen molar-refractivity contribution in [3.63, 3.8) is 0 Å². The Morgan fingerprint density at radius 2 is 1.95 bits per heavy atom. The Morgan fingerprint density at radius 1 is 1.25 bits per heavy atom. The van der Waals surface area contributed by atoms with E-state index in [-0.39, 0.29) is 18.9 Å². The molecule has 1 rings (SSSR count). The molecular formula is C14H19BrN2O3. The molecule has 0 aliphatic rings. The number of carboxylic acids is 1. The highest BCUT2D eigenvalue weighted by atomic mass is 79.9. The number of aliphatic carboxylic acids is 1. The second-order valence-corrected chi connectivity index (χ2v) is 5.73. The number of benzene rings is 1. The maximum absolute atomic E-state index is 12.2. The third-order valence-corrected chi connectivity index (χ3v) is 3.23. The van der Waals surface area contributed by atoms with Gasteiger partial charge < -0.3 is 14.9 Å². The van der Waals surface area contributed by atoms with E-state index in [2.05, 4.69) is 15.9 Å². The number of hydrogen-bond acceptors (Lipinski definition) is 3. The number of carbonyl (C=O) groups is 2. The lowest BCUT2D eigenvalue weighted by Gasteiger charge is -2.22. The topological polar surface area (TPSA) is 60.9 Å². The predicted molar refractivity (Wildman–Crippen MR) is 80.6 cm³/mol. The summed E-state index contributed by atoms with van der Waals surface area (Å²) in [6.07, 6.45) is 0.208. The van der Waals surface area contributed by atoms with Crippen LogP contribution < -0.4 is 0 Å². The van der Waals surface area contributed by atoms with Crippen molar-refractivity contribution >= 4 is 27.8 Å². The first-order valence-corrected chi connectivity index (χ1v) is 7.06. The normalized spacial score (nSPS) is 10.6. The molecule has 0 saturated carbocycles. The highest BCUT2D eigenvalue weighted by Crippen LogP contribution is 2.12. The molecule has 0 unspecified atom stereocenters. The van der Waals surface area contributed by atoms with Gasteiger partial charge in [-0.05, 0) is 31.8 Å². The fourth-order valence-corrected chi connectivity index (χ4v) is 2.16. The van der Waals surface area contributed by atoms with E-state index < -0.39 is 5.97 Å². The van der Waals surface area contributed by atoms with Gasteiger partial charge >= 0.3 is 5.97 Å². The number of carbonyl (C=O) groups excluding carboxylic acids is 1. The molecule has 110 valence electrons. The lowest BCUT2D eigenvalue weighted by Crippen LogP contribution is -2.40. The first kappa shape index (κ1) is 16.7. The third-order valence-electron chi connectivity index (χ3n) is 2.74. The number of hydrogen-bond donors (Lipinski definition) is 1. The molecule has 0 saturated heterocycles. The van der Waals surface area contributed by atoms with E-state index in [1.54, 1.807) is 0 Å². The first-order valence-electron chi connectivity index (χ1n) is 6.27. The minimum atomic E-state index is -0.994. The van der Waals surface area contributed by atoms with E-state index in [4.69, 9.17) is 5.11 Å². The lowest BCUT2D eigenvalue weighted by atomic mass is 10.1. The Bertz CT molecular complexity index is 477. The molecule has 20 heavy (non-hydrogen) atoms. The summed E-state index contributed by atoms with van der Waals surface area (Å²) in [5, 5.41) is 8.89. The molecule has 0 bridgehead atoms. The van der Waals surface area contributed by atoms with Gasteiger partial charge in [0.05, 0.1) is 6.42 Å². The van der Waals surface area contributed by atoms with E-state index >= 15 is 0 Å². The Kier molecular flexibility index (Phi) is 6.67. The molecule has 0 spiro atoms. The summed E-state index contributed by atoms with van der Waals surface area (Å²) in [7, 11) is 3.77. The van der Waals surface area contributed by atoms with Crippen molar-refractivity contribution in [3.05, 3.63) is 34.3 Å². The van der Waals surface area contributed by atoms with Crippen molar-refractivity contribution in [3.8, 4) is 0 Å². The van der Waals surface area contributed by atoms with E-state index in [1.165, 1.54) is 4.90 Å². The Morgan fingerprint density at radius 3 is 2.50 bits per heavy atom. The average molecular weight is 343 g/mol. The fraction of sp³-hybridized carbons (Fsp3) is 0.429. The molecule has 0 heterocycles. The van der Waals surface area contributed by atoms with Crippen LogP contribution in [-0.4, -0.2) is 60.5 Å². The highest BCUT2D eigenvalue weighted by Gasteiger charge is 2.17. The van der Waals surface area contributed by atoms with Crippen LogP contribution in [0.1, 0.15) is 5.56 Å². The van der Waals surface area contributed by atoms with Crippen molar-refractivity contribution in [1.82, 2.24) is 9.80 Å². The molecule has 1 aromatic carbocycles. The van der Waals surface area contributed by atoms with E-state index in [1.807, 2.05) is 43.3 Å². The molecule has 0 fully saturated rings. The van der Waals surface area contributed by atoms with Crippen LogP contribution >= 0.6 is 15.9 Å². The van der Waals surface area contributed by atoms with E-state index in [9.17, 15) is 9.59 Å². The predicted octanol–water partition coefficient (Wildman–Crippen LogP) is 1.47. The van der Waals surface area contributed by atoms with E-state index in [0.29, 0.717) is 13.1 Å². The highest BCUT2D eigenvalue weighted by molar-refractivity contribution is 9.10. The molecule has 5 nitrogen and oxygen atoms in total. The molecule has 0 atom stereocenters. The van der Waals surface area contributed by atoms with Gasteiger partial charge in [0.1, 0.15) is 6.54 Å². The summed E-state index contributed by atoms with van der Waals surface area (Å²) in [5.74, 6) is -1.17. The molecule has 0 radical (unpaired) electrons. The number of nitrogens with zero attached hydrogens (tertiary/aromatic N) is 2. The molecule has 1 amide bonds. The molecule has 6 heteroatoms. The van der Waals surface area contributed by atoms with Crippen LogP contribution in [0, 0.1) is 0 Å². The second-order valence-electron chi connectivity index (χ2n) is 4.82. The number of rotatable bonds is 7. The molecule has 0 aliphatic carbocycles. The molecule has 1 aromatic rings. The minimum Gasteiger partial charge on any atom is -0.480 e. The van der Waals surface area contributed by atoms with Crippen molar-refractivity contribution < 1.29 is 14.7 Å². The Hall–Kier alpha value is -1.40. The summed E-state index contributed by atoms with van der Waals surface area (Å²) in [5.41, 5.74) is 0.865. The third kappa shape index (κ3) is 6.16. The van der Waals surface area contributed by atoms with Gasteiger partial charge in [0.25, 0.3) is 0 Å². The quantitative estimate of drug-likeness (QED) is 0.815. The molecule has 0 aliphatic heterocycles. The summed E-state index contributed by atoms with van der Waals surface area (Å²) in [6.45, 7) is 0.782. The number of likely N-dealkylation sites (N-methyl/N-ethyl adjacent to an activating group) is 1. The van der Waals surface area contributed by atoms with Crippen LogP contribution in [0.25, 0.3) is 0 Å². The number of carboxylic acid groups (broad SMARTS) is 1. The zero-order valence-corrected chi connectivity index (χ0v) is 13.3. The van der Waals surface area contributed by atoms with Gasteiger partial charge in [-0.3, -0.25) is 9.59 Å². The van der Waals surface area contributed by atoms with Gasteiger partial charge in [-0.2, -0.15) is 0 Å². The van der Waals surface area contributed by atoms with Crippen LogP contribution in [0.4, 0.5) is 0 Å². The van der Waals surface area contributed by atoms with Crippen LogP contribution in [0.3, 0.4) is 0 Å². The second kappa shape index (κ2) is 8.01. The first-order chi connectivity index (χ1) is 9.38. The van der Waals surface area contributed by atoms with Crippen LogP contribution in [-0.2, 0) is 16.0 Å². The summed E-state index contributed by atoms with van der Waals surface area (Å²) >= 11 is 3.35. The largest absolute Gasteiger partial charge is 0.480 e. The van der Waals surface area contributed by atoms with Crippen molar-refractivity contribution in [2.75, 3.05) is 33.7 Å². The van der Waals surface area contributed by atoms with Gasteiger partial charge in [-0.25, -0.2) is 0 Å². The Balaban J connectivity index is 2.69. The molecule has 1 N–H and O–H groups in total. The zero-order valence-electron chi connectivity index (χ0n) is 11.7. The van der Waals surface area contributed by atoms with Crippen molar-refractivity contribution in [2.45, 2.75) is 6.42 Å². The van der Waals surface area contributed by atoms with Crippen LogP contribution in [0.15, 0.2) is 28.7 Å². The fourth-order valence-electron chi connectivity index (χ4n) is 1.71. The SMILES string of the molecule is CN(C)CCN(CC(=O)O)C(=O)Cc1cccc(Br)c1. The lowest BCUT2D eigenvalue weighted by molar-refractivity contribution is -0.144. The van der Waals surface area contributed by atoms with Gasteiger partial charge in [-0.15, -0.1) is 0 Å². The average Bonchev–Trinajstić information content (AvgIpc) is 2.33. The standard InChI is InChI=1S/C14H19BrN2O3/c1-16(2)6-7-17(10-14(19)20)13(18)9-11-4-3-5-12(15)8-11/h3-5,8H,6-7,9-10H2,1-2H3,(H,19,20). The van der Waals surface area contributed by atoms with Crippen molar-refractivity contribution in [1.29, 1.82) is 0 Å². The van der Waals surface area contributed by atoms with E-state index in [0.717, 1.165) is 10.0 Å². The molecular weight excluding hydrogens is 324 g/mol. The maximum atomic E-state index is 12.2. The minimum absolute atomic E-state index is 0.174. The summed E-state index contributed by atoms with van der Waals surface area (Å²) in [4.78, 5) is 26.3. The monoisotopic (exact) mass is 342 g/mol. The number of amides is 1. The van der Waals surface area contributed by atoms with Gasteiger partial charge in [0.15, 0.2) is 0 Å². The van der Waals surface area contributed by atoms with Crippen LogP contribution in [0.5, 0.6) is 0 Å². The summed E-state index contributed by atoms with van der Waals surface area (Å²) in [6, 6.07) is 7.46.